The van der Waals surface area contributed by atoms with Crippen LogP contribution in [0, 0.1) is 12.7 Å². The molecule has 1 aliphatic heterocycles. The third-order valence-corrected chi connectivity index (χ3v) is 4.67. The van der Waals surface area contributed by atoms with E-state index in [1.54, 1.807) is 23.7 Å². The molecule has 0 bridgehead atoms. The summed E-state index contributed by atoms with van der Waals surface area (Å²) in [5.74, 6) is 0.134. The molecule has 0 saturated carbocycles. The highest BCUT2D eigenvalue weighted by Gasteiger charge is 2.22. The largest absolute Gasteiger partial charge is 0.348 e. The van der Waals surface area contributed by atoms with E-state index in [2.05, 4.69) is 27.2 Å². The summed E-state index contributed by atoms with van der Waals surface area (Å²) in [6, 6.07) is 6.29. The molecule has 1 N–H and O–H groups in total. The predicted octanol–water partition coefficient (Wildman–Crippen LogP) is 2.32. The van der Waals surface area contributed by atoms with Gasteiger partial charge >= 0.3 is 0 Å². The Bertz CT molecular complexity index is 722. The van der Waals surface area contributed by atoms with Gasteiger partial charge in [0.05, 0.1) is 5.69 Å². The third kappa shape index (κ3) is 4.04. The first kappa shape index (κ1) is 17.5. The molecule has 1 fully saturated rings. The summed E-state index contributed by atoms with van der Waals surface area (Å²) < 4.78 is 14.6. The van der Waals surface area contributed by atoms with Crippen molar-refractivity contribution in [1.82, 2.24) is 25.0 Å². The number of carbonyl (C=O) groups excluding carboxylic acids is 1. The van der Waals surface area contributed by atoms with E-state index in [0.717, 1.165) is 19.5 Å². The Morgan fingerprint density at radius 1 is 1.28 bits per heavy atom. The summed E-state index contributed by atoms with van der Waals surface area (Å²) in [5, 5.41) is 7.22. The van der Waals surface area contributed by atoms with Gasteiger partial charge in [-0.2, -0.15) is 0 Å². The lowest BCUT2D eigenvalue weighted by molar-refractivity contribution is 0.0926. The first-order chi connectivity index (χ1) is 12.1. The number of aromatic nitrogens is 3. The molecule has 1 amide bonds. The van der Waals surface area contributed by atoms with E-state index in [4.69, 9.17) is 0 Å². The van der Waals surface area contributed by atoms with E-state index < -0.39 is 0 Å². The zero-order valence-corrected chi connectivity index (χ0v) is 14.7. The normalized spacial score (nSPS) is 16.1. The van der Waals surface area contributed by atoms with Crippen molar-refractivity contribution in [2.45, 2.75) is 39.2 Å². The van der Waals surface area contributed by atoms with Crippen LogP contribution in [0.3, 0.4) is 0 Å². The minimum absolute atomic E-state index is 0.137. The van der Waals surface area contributed by atoms with E-state index in [0.29, 0.717) is 24.1 Å². The molecule has 0 radical (unpaired) electrons. The smallest absolute Gasteiger partial charge is 0.291 e. The van der Waals surface area contributed by atoms with E-state index >= 15 is 0 Å². The molecule has 2 aromatic rings. The van der Waals surface area contributed by atoms with Crippen molar-refractivity contribution < 1.29 is 9.18 Å². The summed E-state index contributed by atoms with van der Waals surface area (Å²) in [4.78, 5) is 19.1. The Morgan fingerprint density at radius 2 is 1.96 bits per heavy atom. The summed E-state index contributed by atoms with van der Waals surface area (Å²) in [6.07, 6.45) is 3.46. The summed E-state index contributed by atoms with van der Waals surface area (Å²) in [5.41, 5.74) is 0.675. The van der Waals surface area contributed by atoms with Crippen LogP contribution >= 0.6 is 0 Å². The van der Waals surface area contributed by atoms with Crippen molar-refractivity contribution in [3.63, 3.8) is 0 Å². The average molecular weight is 345 g/mol. The van der Waals surface area contributed by atoms with E-state index in [1.807, 2.05) is 0 Å². The van der Waals surface area contributed by atoms with Gasteiger partial charge in [-0.3, -0.25) is 9.69 Å². The minimum atomic E-state index is -0.313. The molecule has 0 spiro atoms. The molecule has 1 aliphatic rings. The molecule has 1 aromatic carbocycles. The standard InChI is InChI=1S/C18H24FN5O/c1-3-15(23-10-4-5-11-23)12-20-18(25)17-21-13(2)24(22-17)16-8-6-14(19)7-9-16/h6-9,15H,3-5,10-12H2,1-2H3,(H,20,25). The van der Waals surface area contributed by atoms with Crippen molar-refractivity contribution in [3.8, 4) is 5.69 Å². The summed E-state index contributed by atoms with van der Waals surface area (Å²) >= 11 is 0. The number of amides is 1. The van der Waals surface area contributed by atoms with Crippen LogP contribution in [-0.4, -0.2) is 51.2 Å². The number of nitrogens with zero attached hydrogens (tertiary/aromatic N) is 4. The number of benzene rings is 1. The first-order valence-electron chi connectivity index (χ1n) is 8.80. The second-order valence-corrected chi connectivity index (χ2v) is 6.39. The molecule has 134 valence electrons. The second kappa shape index (κ2) is 7.74. The fourth-order valence-electron chi connectivity index (χ4n) is 3.24. The van der Waals surface area contributed by atoms with E-state index in [9.17, 15) is 9.18 Å². The summed E-state index contributed by atoms with van der Waals surface area (Å²) in [6.45, 7) is 6.71. The Kier molecular flexibility index (Phi) is 5.43. The summed E-state index contributed by atoms with van der Waals surface area (Å²) in [7, 11) is 0. The van der Waals surface area contributed by atoms with Gasteiger partial charge in [0.25, 0.3) is 5.91 Å². The van der Waals surface area contributed by atoms with Crippen LogP contribution in [0.5, 0.6) is 0 Å². The van der Waals surface area contributed by atoms with Gasteiger partial charge in [-0.25, -0.2) is 14.1 Å². The number of nitrogens with one attached hydrogen (secondary N) is 1. The number of carbonyl (C=O) groups is 1. The number of halogens is 1. The van der Waals surface area contributed by atoms with Crippen LogP contribution in [-0.2, 0) is 0 Å². The number of hydrogen-bond acceptors (Lipinski definition) is 4. The Morgan fingerprint density at radius 3 is 2.60 bits per heavy atom. The van der Waals surface area contributed by atoms with Crippen LogP contribution in [0.4, 0.5) is 4.39 Å². The monoisotopic (exact) mass is 345 g/mol. The number of hydrogen-bond donors (Lipinski definition) is 1. The number of likely N-dealkylation sites (tertiary alicyclic amines) is 1. The lowest BCUT2D eigenvalue weighted by atomic mass is 10.2. The SMILES string of the molecule is CCC(CNC(=O)c1nc(C)n(-c2ccc(F)cc2)n1)N1CCCC1. The molecule has 1 unspecified atom stereocenters. The maximum absolute atomic E-state index is 13.1. The molecule has 2 heterocycles. The average Bonchev–Trinajstić information content (AvgIpc) is 3.26. The van der Waals surface area contributed by atoms with Gasteiger partial charge in [-0.1, -0.05) is 6.92 Å². The third-order valence-electron chi connectivity index (χ3n) is 4.67. The lowest BCUT2D eigenvalue weighted by Gasteiger charge is -2.26. The minimum Gasteiger partial charge on any atom is -0.348 e. The van der Waals surface area contributed by atoms with Crippen molar-refractivity contribution in [2.24, 2.45) is 0 Å². The van der Waals surface area contributed by atoms with Crippen LogP contribution in [0.25, 0.3) is 5.69 Å². The first-order valence-corrected chi connectivity index (χ1v) is 8.80. The molecular formula is C18H24FN5O. The highest BCUT2D eigenvalue weighted by Crippen LogP contribution is 2.14. The van der Waals surface area contributed by atoms with E-state index in [-0.39, 0.29) is 17.5 Å². The van der Waals surface area contributed by atoms with Crippen molar-refractivity contribution in [2.75, 3.05) is 19.6 Å². The van der Waals surface area contributed by atoms with Gasteiger partial charge in [0.15, 0.2) is 0 Å². The number of rotatable bonds is 6. The molecule has 1 saturated heterocycles. The van der Waals surface area contributed by atoms with Gasteiger partial charge in [-0.05, 0) is 63.5 Å². The molecule has 7 heteroatoms. The van der Waals surface area contributed by atoms with Crippen LogP contribution in [0.2, 0.25) is 0 Å². The molecule has 3 rings (SSSR count). The van der Waals surface area contributed by atoms with Gasteiger partial charge in [0, 0.05) is 12.6 Å². The molecule has 1 atom stereocenters. The zero-order chi connectivity index (χ0) is 17.8. The van der Waals surface area contributed by atoms with Gasteiger partial charge < -0.3 is 5.32 Å². The van der Waals surface area contributed by atoms with Gasteiger partial charge in [0.1, 0.15) is 11.6 Å². The highest BCUT2D eigenvalue weighted by molar-refractivity contribution is 5.90. The molecular weight excluding hydrogens is 321 g/mol. The topological polar surface area (TPSA) is 63.1 Å². The van der Waals surface area contributed by atoms with Gasteiger partial charge in [0.2, 0.25) is 5.82 Å². The maximum atomic E-state index is 13.1. The van der Waals surface area contributed by atoms with Crippen LogP contribution in [0.15, 0.2) is 24.3 Å². The second-order valence-electron chi connectivity index (χ2n) is 6.39. The maximum Gasteiger partial charge on any atom is 0.291 e. The van der Waals surface area contributed by atoms with Crippen LogP contribution in [0.1, 0.15) is 42.6 Å². The molecule has 1 aromatic heterocycles. The van der Waals surface area contributed by atoms with Gasteiger partial charge in [-0.15, -0.1) is 5.10 Å². The fourth-order valence-corrected chi connectivity index (χ4v) is 3.24. The Labute approximate surface area is 147 Å². The zero-order valence-electron chi connectivity index (χ0n) is 14.7. The van der Waals surface area contributed by atoms with Crippen molar-refractivity contribution >= 4 is 5.91 Å². The Hall–Kier alpha value is -2.28. The van der Waals surface area contributed by atoms with Crippen molar-refractivity contribution in [1.29, 1.82) is 0 Å². The fraction of sp³-hybridized carbons (Fsp3) is 0.500. The number of aryl methyl sites for hydroxylation is 1. The lowest BCUT2D eigenvalue weighted by Crippen LogP contribution is -2.42. The predicted molar refractivity (Wildman–Crippen MR) is 93.3 cm³/mol. The quantitative estimate of drug-likeness (QED) is 0.873. The Balaban J connectivity index is 1.66. The molecule has 0 aliphatic carbocycles. The van der Waals surface area contributed by atoms with Crippen LogP contribution < -0.4 is 5.32 Å². The van der Waals surface area contributed by atoms with E-state index in [1.165, 1.54) is 25.0 Å². The molecule has 6 nitrogen and oxygen atoms in total. The molecule has 25 heavy (non-hydrogen) atoms. The van der Waals surface area contributed by atoms with Crippen molar-refractivity contribution in [3.05, 3.63) is 41.7 Å². The highest BCUT2D eigenvalue weighted by atomic mass is 19.1.